The van der Waals surface area contributed by atoms with Crippen LogP contribution in [0.1, 0.15) is 29.3 Å². The molecule has 1 amide bonds. The summed E-state index contributed by atoms with van der Waals surface area (Å²) in [5.74, 6) is -2.47. The molecule has 2 heterocycles. The third kappa shape index (κ3) is 4.52. The van der Waals surface area contributed by atoms with Crippen LogP contribution in [0.3, 0.4) is 0 Å². The van der Waals surface area contributed by atoms with E-state index >= 15 is 0 Å². The summed E-state index contributed by atoms with van der Waals surface area (Å²) >= 11 is 7.52. The number of hydrogen-bond acceptors (Lipinski definition) is 6. The number of aliphatic carboxylic acids is 1. The summed E-state index contributed by atoms with van der Waals surface area (Å²) in [6.07, 6.45) is -2.87. The van der Waals surface area contributed by atoms with Crippen molar-refractivity contribution >= 4 is 34.8 Å². The van der Waals surface area contributed by atoms with Crippen molar-refractivity contribution in [1.29, 1.82) is 0 Å². The van der Waals surface area contributed by atoms with Gasteiger partial charge in [0.25, 0.3) is 0 Å². The van der Waals surface area contributed by atoms with Crippen molar-refractivity contribution in [3.8, 4) is 11.3 Å². The Hall–Kier alpha value is -2.78. The summed E-state index contributed by atoms with van der Waals surface area (Å²) in [4.78, 5) is 30.5. The maximum Gasteiger partial charge on any atom is 0.304 e. The minimum absolute atomic E-state index is 0.00706. The molecular weight excluding hydrogens is 464 g/mol. The number of carboxylic acids is 1. The number of hydrogen-bond donors (Lipinski definition) is 4. The van der Waals surface area contributed by atoms with E-state index in [1.165, 1.54) is 11.3 Å². The average molecular weight is 487 g/mol. The number of amides is 1. The van der Waals surface area contributed by atoms with Gasteiger partial charge in [-0.3, -0.25) is 9.59 Å². The smallest absolute Gasteiger partial charge is 0.304 e. The topological polar surface area (TPSA) is 120 Å². The van der Waals surface area contributed by atoms with Crippen LogP contribution in [0.4, 0.5) is 0 Å². The van der Waals surface area contributed by atoms with Gasteiger partial charge in [0.15, 0.2) is 0 Å². The number of aromatic nitrogens is 1. The van der Waals surface area contributed by atoms with E-state index in [1.807, 2.05) is 12.1 Å². The van der Waals surface area contributed by atoms with Crippen LogP contribution in [0.15, 0.2) is 60.0 Å². The lowest BCUT2D eigenvalue weighted by Crippen LogP contribution is -2.55. The molecule has 3 aromatic rings. The van der Waals surface area contributed by atoms with Gasteiger partial charge in [0, 0.05) is 28.4 Å². The standard InChI is InChI=1S/C24H23ClN2O5S/c25-17-9-5-4-8-15(17)18-13-33-23(27-18)24(11-21(30)31)16(14-6-2-1-3-7-14)10-19(28)20(29)12-26-22(24)32/h1-9,13,16,19-20,28-29H,10-12H2,(H,26,32)(H,30,31)/t16-,19-,20+,24-/m0/s1. The SMILES string of the molecule is O=C(O)C[C@@]1(c2nc(-c3ccccc3Cl)cs2)C(=O)NC[C@@H](O)[C@@H](O)C[C@H]1c1ccccc1. The molecular formula is C24H23ClN2O5S. The highest BCUT2D eigenvalue weighted by Crippen LogP contribution is 2.48. The molecule has 1 saturated heterocycles. The van der Waals surface area contributed by atoms with E-state index in [0.717, 1.165) is 0 Å². The number of carbonyl (C=O) groups is 2. The zero-order valence-corrected chi connectivity index (χ0v) is 19.1. The number of nitrogens with one attached hydrogen (secondary N) is 1. The molecule has 0 unspecified atom stereocenters. The van der Waals surface area contributed by atoms with E-state index in [2.05, 4.69) is 5.32 Å². The molecule has 1 aliphatic heterocycles. The van der Waals surface area contributed by atoms with Crippen molar-refractivity contribution in [2.24, 2.45) is 0 Å². The summed E-state index contributed by atoms with van der Waals surface area (Å²) in [5.41, 5.74) is 0.285. The zero-order valence-electron chi connectivity index (χ0n) is 17.5. The fourth-order valence-corrected chi connectivity index (χ4v) is 5.69. The van der Waals surface area contributed by atoms with Crippen LogP contribution in [0.25, 0.3) is 11.3 Å². The number of β-amino-alcohol motifs (C(OH)–C–C–N with tert-alkyl or cyclic N) is 1. The number of nitrogens with zero attached hydrogens (tertiary/aromatic N) is 1. The fraction of sp³-hybridized carbons (Fsp3) is 0.292. The molecule has 4 rings (SSSR count). The molecule has 172 valence electrons. The van der Waals surface area contributed by atoms with Crippen LogP contribution in [0.5, 0.6) is 0 Å². The van der Waals surface area contributed by atoms with E-state index in [1.54, 1.807) is 47.8 Å². The van der Waals surface area contributed by atoms with Gasteiger partial charge in [-0.2, -0.15) is 0 Å². The van der Waals surface area contributed by atoms with Gasteiger partial charge in [0.05, 0.1) is 24.3 Å². The number of aliphatic hydroxyl groups excluding tert-OH is 2. The number of carboxylic acid groups (broad SMARTS) is 1. The number of aliphatic hydroxyl groups is 2. The maximum atomic E-state index is 13.6. The third-order valence-corrected chi connectivity index (χ3v) is 7.41. The summed E-state index contributed by atoms with van der Waals surface area (Å²) in [5, 5.41) is 36.0. The van der Waals surface area contributed by atoms with Gasteiger partial charge in [-0.1, -0.05) is 60.1 Å². The maximum absolute atomic E-state index is 13.6. The van der Waals surface area contributed by atoms with Crippen LogP contribution < -0.4 is 5.32 Å². The van der Waals surface area contributed by atoms with Crippen molar-refractivity contribution in [3.63, 3.8) is 0 Å². The predicted molar refractivity (Wildman–Crippen MR) is 125 cm³/mol. The number of carbonyl (C=O) groups excluding carboxylic acids is 1. The molecule has 7 nitrogen and oxygen atoms in total. The van der Waals surface area contributed by atoms with Gasteiger partial charge in [0.2, 0.25) is 5.91 Å². The summed E-state index contributed by atoms with van der Waals surface area (Å²) < 4.78 is 0. The fourth-order valence-electron chi connectivity index (χ4n) is 4.39. The molecule has 0 spiro atoms. The first-order valence-electron chi connectivity index (χ1n) is 10.4. The number of rotatable bonds is 5. The molecule has 1 fully saturated rings. The summed E-state index contributed by atoms with van der Waals surface area (Å²) in [7, 11) is 0. The summed E-state index contributed by atoms with van der Waals surface area (Å²) in [6.45, 7) is -0.189. The molecule has 0 bridgehead atoms. The number of thiazole rings is 1. The van der Waals surface area contributed by atoms with Gasteiger partial charge in [-0.15, -0.1) is 11.3 Å². The van der Waals surface area contributed by atoms with Gasteiger partial charge in [-0.05, 0) is 18.1 Å². The van der Waals surface area contributed by atoms with Crippen molar-refractivity contribution in [2.75, 3.05) is 6.54 Å². The lowest BCUT2D eigenvalue weighted by molar-refractivity contribution is -0.144. The highest BCUT2D eigenvalue weighted by Gasteiger charge is 2.53. The molecule has 0 aliphatic carbocycles. The second-order valence-corrected chi connectivity index (χ2v) is 9.37. The van der Waals surface area contributed by atoms with E-state index < -0.39 is 41.8 Å². The molecule has 1 aromatic heterocycles. The second kappa shape index (κ2) is 9.61. The highest BCUT2D eigenvalue weighted by atomic mass is 35.5. The Labute approximate surface area is 199 Å². The average Bonchev–Trinajstić information content (AvgIpc) is 3.29. The van der Waals surface area contributed by atoms with Gasteiger partial charge in [0.1, 0.15) is 10.4 Å². The van der Waals surface area contributed by atoms with Crippen molar-refractivity contribution < 1.29 is 24.9 Å². The summed E-state index contributed by atoms with van der Waals surface area (Å²) in [6, 6.07) is 16.1. The Morgan fingerprint density at radius 2 is 1.82 bits per heavy atom. The monoisotopic (exact) mass is 486 g/mol. The lowest BCUT2D eigenvalue weighted by atomic mass is 9.66. The first kappa shape index (κ1) is 23.4. The van der Waals surface area contributed by atoms with Crippen LogP contribution in [-0.4, -0.2) is 50.9 Å². The largest absolute Gasteiger partial charge is 0.481 e. The Morgan fingerprint density at radius 3 is 2.52 bits per heavy atom. The first-order chi connectivity index (χ1) is 15.8. The Balaban J connectivity index is 1.93. The third-order valence-electron chi connectivity index (χ3n) is 6.06. The first-order valence-corrected chi connectivity index (χ1v) is 11.7. The van der Waals surface area contributed by atoms with E-state index in [-0.39, 0.29) is 13.0 Å². The van der Waals surface area contributed by atoms with Gasteiger partial charge < -0.3 is 20.6 Å². The lowest BCUT2D eigenvalue weighted by Gasteiger charge is -2.41. The van der Waals surface area contributed by atoms with E-state index in [4.69, 9.17) is 16.6 Å². The zero-order chi connectivity index (χ0) is 23.6. The van der Waals surface area contributed by atoms with Gasteiger partial charge in [-0.25, -0.2) is 4.98 Å². The second-order valence-electron chi connectivity index (χ2n) is 8.10. The molecule has 33 heavy (non-hydrogen) atoms. The van der Waals surface area contributed by atoms with Gasteiger partial charge >= 0.3 is 5.97 Å². The Kier molecular flexibility index (Phi) is 6.81. The predicted octanol–water partition coefficient (Wildman–Crippen LogP) is 3.20. The molecule has 9 heteroatoms. The normalized spacial score (nSPS) is 25.7. The van der Waals surface area contributed by atoms with Crippen molar-refractivity contribution in [1.82, 2.24) is 10.3 Å². The minimum atomic E-state index is -1.60. The Bertz CT molecular complexity index is 1150. The minimum Gasteiger partial charge on any atom is -0.481 e. The van der Waals surface area contributed by atoms with Crippen molar-refractivity contribution in [2.45, 2.75) is 36.4 Å². The van der Waals surface area contributed by atoms with Crippen LogP contribution in [-0.2, 0) is 15.0 Å². The van der Waals surface area contributed by atoms with Crippen LogP contribution in [0.2, 0.25) is 5.02 Å². The van der Waals surface area contributed by atoms with Crippen molar-refractivity contribution in [3.05, 3.63) is 75.6 Å². The molecule has 2 aromatic carbocycles. The highest BCUT2D eigenvalue weighted by molar-refractivity contribution is 7.10. The van der Waals surface area contributed by atoms with E-state index in [0.29, 0.717) is 26.9 Å². The molecule has 0 saturated carbocycles. The van der Waals surface area contributed by atoms with Crippen LogP contribution >= 0.6 is 22.9 Å². The quantitative estimate of drug-likeness (QED) is 0.439. The van der Waals surface area contributed by atoms with Crippen LogP contribution in [0, 0.1) is 0 Å². The molecule has 4 atom stereocenters. The number of benzene rings is 2. The van der Waals surface area contributed by atoms with E-state index in [9.17, 15) is 24.9 Å². The molecule has 0 radical (unpaired) electrons. The Morgan fingerprint density at radius 1 is 1.12 bits per heavy atom. The molecule has 4 N–H and O–H groups in total. The molecule has 1 aliphatic rings. The number of halogens is 1.